The Bertz CT molecular complexity index is 1270. The number of amides is 2. The van der Waals surface area contributed by atoms with E-state index in [9.17, 15) is 14.7 Å². The summed E-state index contributed by atoms with van der Waals surface area (Å²) >= 11 is 1.48. The molecule has 1 fully saturated rings. The van der Waals surface area contributed by atoms with Gasteiger partial charge in [-0.05, 0) is 61.6 Å². The summed E-state index contributed by atoms with van der Waals surface area (Å²) in [5.41, 5.74) is 3.97. The Labute approximate surface area is 206 Å². The molecule has 182 valence electrons. The van der Waals surface area contributed by atoms with Crippen molar-refractivity contribution in [2.45, 2.75) is 42.8 Å². The van der Waals surface area contributed by atoms with Gasteiger partial charge in [0.1, 0.15) is 6.10 Å². The molecule has 1 aromatic carbocycles. The normalized spacial score (nSPS) is 18.2. The minimum Gasteiger partial charge on any atom is -0.481 e. The maximum Gasteiger partial charge on any atom is 0.414 e. The Kier molecular flexibility index (Phi) is 6.74. The number of nitrogens with zero attached hydrogens (tertiary/aromatic N) is 3. The van der Waals surface area contributed by atoms with Crippen LogP contribution in [0.1, 0.15) is 24.8 Å². The summed E-state index contributed by atoms with van der Waals surface area (Å²) in [4.78, 5) is 35.6. The van der Waals surface area contributed by atoms with E-state index in [1.807, 2.05) is 24.3 Å². The molecule has 2 unspecified atom stereocenters. The van der Waals surface area contributed by atoms with E-state index in [1.165, 1.54) is 11.8 Å². The first kappa shape index (κ1) is 23.4. The zero-order valence-corrected chi connectivity index (χ0v) is 20.1. The number of aryl methyl sites for hydroxylation is 1. The summed E-state index contributed by atoms with van der Waals surface area (Å²) in [5.74, 6) is 0.870. The molecule has 0 radical (unpaired) electrons. The van der Waals surface area contributed by atoms with Gasteiger partial charge in [0.2, 0.25) is 11.8 Å². The van der Waals surface area contributed by atoms with E-state index in [-0.39, 0.29) is 12.0 Å². The summed E-state index contributed by atoms with van der Waals surface area (Å²) in [6.45, 7) is 0.407. The number of pyridine rings is 2. The fourth-order valence-electron chi connectivity index (χ4n) is 4.34. The SMILES string of the molecule is COc1ccc2nccc(CCC(O)CCC3CN(c4ccc5c(c4)NC(=O)CS5)C(=O)O3)c2n1. The van der Waals surface area contributed by atoms with E-state index < -0.39 is 12.2 Å². The molecule has 0 aliphatic carbocycles. The lowest BCUT2D eigenvalue weighted by Gasteiger charge is -2.20. The van der Waals surface area contributed by atoms with Crippen molar-refractivity contribution in [3.05, 3.63) is 48.2 Å². The third-order valence-corrected chi connectivity index (χ3v) is 7.28. The number of hydrogen-bond acceptors (Lipinski definition) is 8. The molecular weight excluding hydrogens is 468 g/mol. The zero-order valence-electron chi connectivity index (χ0n) is 19.3. The van der Waals surface area contributed by atoms with Gasteiger partial charge in [-0.15, -0.1) is 11.8 Å². The fourth-order valence-corrected chi connectivity index (χ4v) is 5.13. The molecule has 2 atom stereocenters. The summed E-state index contributed by atoms with van der Waals surface area (Å²) in [6, 6.07) is 11.1. The van der Waals surface area contributed by atoms with Gasteiger partial charge >= 0.3 is 6.09 Å². The van der Waals surface area contributed by atoms with Crippen LogP contribution in [-0.2, 0) is 16.0 Å². The van der Waals surface area contributed by atoms with Gasteiger partial charge in [0.25, 0.3) is 0 Å². The molecule has 1 saturated heterocycles. The number of anilines is 2. The Morgan fingerprint density at radius 3 is 3.00 bits per heavy atom. The van der Waals surface area contributed by atoms with Crippen LogP contribution in [0.2, 0.25) is 0 Å². The van der Waals surface area contributed by atoms with Crippen molar-refractivity contribution in [3.8, 4) is 5.88 Å². The highest BCUT2D eigenvalue weighted by molar-refractivity contribution is 8.00. The Hall–Kier alpha value is -3.37. The highest BCUT2D eigenvalue weighted by Crippen LogP contribution is 2.35. The predicted octanol–water partition coefficient (Wildman–Crippen LogP) is 3.78. The molecule has 35 heavy (non-hydrogen) atoms. The number of carbonyl (C=O) groups is 2. The number of rotatable bonds is 8. The van der Waals surface area contributed by atoms with Crippen LogP contribution in [0.25, 0.3) is 11.0 Å². The second-order valence-electron chi connectivity index (χ2n) is 8.59. The molecule has 4 heterocycles. The summed E-state index contributed by atoms with van der Waals surface area (Å²) in [6.07, 6.45) is 2.78. The molecule has 2 amide bonds. The third kappa shape index (κ3) is 5.18. The van der Waals surface area contributed by atoms with Crippen molar-refractivity contribution in [2.75, 3.05) is 29.6 Å². The highest BCUT2D eigenvalue weighted by Gasteiger charge is 2.33. The number of aliphatic hydroxyl groups excluding tert-OH is 1. The Morgan fingerprint density at radius 1 is 1.26 bits per heavy atom. The second kappa shape index (κ2) is 10.1. The fraction of sp³-hybridized carbons (Fsp3) is 0.360. The van der Waals surface area contributed by atoms with E-state index >= 15 is 0 Å². The molecule has 2 aliphatic heterocycles. The molecule has 2 aliphatic rings. The highest BCUT2D eigenvalue weighted by atomic mass is 32.2. The van der Waals surface area contributed by atoms with Gasteiger partial charge in [0, 0.05) is 22.8 Å². The van der Waals surface area contributed by atoms with E-state index in [0.717, 1.165) is 21.5 Å². The lowest BCUT2D eigenvalue weighted by atomic mass is 10.0. The van der Waals surface area contributed by atoms with Crippen molar-refractivity contribution < 1.29 is 24.2 Å². The average Bonchev–Trinajstić information content (AvgIpc) is 3.25. The molecule has 2 N–H and O–H groups in total. The molecule has 9 nitrogen and oxygen atoms in total. The van der Waals surface area contributed by atoms with Crippen molar-refractivity contribution in [1.29, 1.82) is 0 Å². The first-order chi connectivity index (χ1) is 17.0. The topological polar surface area (TPSA) is 114 Å². The lowest BCUT2D eigenvalue weighted by molar-refractivity contribution is -0.113. The van der Waals surface area contributed by atoms with Crippen molar-refractivity contribution >= 4 is 46.2 Å². The first-order valence-corrected chi connectivity index (χ1v) is 12.5. The molecule has 10 heteroatoms. The Morgan fingerprint density at radius 2 is 2.14 bits per heavy atom. The predicted molar refractivity (Wildman–Crippen MR) is 133 cm³/mol. The monoisotopic (exact) mass is 494 g/mol. The van der Waals surface area contributed by atoms with Crippen molar-refractivity contribution in [2.24, 2.45) is 0 Å². The molecule has 5 rings (SSSR count). The van der Waals surface area contributed by atoms with Crippen molar-refractivity contribution in [1.82, 2.24) is 9.97 Å². The van der Waals surface area contributed by atoms with Crippen LogP contribution in [-0.4, -0.2) is 58.7 Å². The number of aromatic nitrogens is 2. The quantitative estimate of drug-likeness (QED) is 0.486. The number of nitrogens with one attached hydrogen (secondary N) is 1. The summed E-state index contributed by atoms with van der Waals surface area (Å²) in [7, 11) is 1.58. The van der Waals surface area contributed by atoms with Gasteiger partial charge in [-0.3, -0.25) is 14.7 Å². The number of carbonyl (C=O) groups excluding carboxylic acids is 2. The van der Waals surface area contributed by atoms with Crippen molar-refractivity contribution in [3.63, 3.8) is 0 Å². The number of aliphatic hydroxyl groups is 1. The van der Waals surface area contributed by atoms with Crippen LogP contribution < -0.4 is 15.0 Å². The number of cyclic esters (lactones) is 1. The molecule has 0 bridgehead atoms. The van der Waals surface area contributed by atoms with Gasteiger partial charge in [0.15, 0.2) is 0 Å². The minimum atomic E-state index is -0.535. The maximum atomic E-state index is 12.5. The zero-order chi connectivity index (χ0) is 24.4. The molecule has 2 aromatic heterocycles. The molecule has 0 spiro atoms. The van der Waals surface area contributed by atoms with Gasteiger partial charge in [-0.25, -0.2) is 9.78 Å². The van der Waals surface area contributed by atoms with Crippen LogP contribution in [0.3, 0.4) is 0 Å². The average molecular weight is 495 g/mol. The number of methoxy groups -OCH3 is 1. The van der Waals surface area contributed by atoms with Crippen LogP contribution >= 0.6 is 11.8 Å². The molecular formula is C25H26N4O5S. The van der Waals surface area contributed by atoms with Gasteiger partial charge in [0.05, 0.1) is 42.2 Å². The van der Waals surface area contributed by atoms with Gasteiger partial charge < -0.3 is 19.9 Å². The number of hydrogen-bond donors (Lipinski definition) is 2. The van der Waals surface area contributed by atoms with Crippen LogP contribution in [0, 0.1) is 0 Å². The van der Waals surface area contributed by atoms with Gasteiger partial charge in [-0.1, -0.05) is 0 Å². The standard InChI is InChI=1S/C25H26N4O5S/c1-33-23-9-7-19-24(28-23)15(10-11-26-19)2-4-17(30)5-6-18-13-29(25(32)34-18)16-3-8-21-20(12-16)27-22(31)14-35-21/h3,7-12,17-18,30H,2,4-6,13-14H2,1H3,(H,27,31). The number of fused-ring (bicyclic) bond motifs is 2. The van der Waals surface area contributed by atoms with Crippen LogP contribution in [0.15, 0.2) is 47.5 Å². The second-order valence-corrected chi connectivity index (χ2v) is 9.61. The molecule has 0 saturated carbocycles. The maximum absolute atomic E-state index is 12.5. The summed E-state index contributed by atoms with van der Waals surface area (Å²) < 4.78 is 10.8. The van der Waals surface area contributed by atoms with E-state index in [0.29, 0.717) is 55.2 Å². The largest absolute Gasteiger partial charge is 0.481 e. The van der Waals surface area contributed by atoms with Crippen LogP contribution in [0.4, 0.5) is 16.2 Å². The lowest BCUT2D eigenvalue weighted by Crippen LogP contribution is -2.25. The number of ether oxygens (including phenoxy) is 2. The summed E-state index contributed by atoms with van der Waals surface area (Å²) in [5, 5.41) is 13.4. The van der Waals surface area contributed by atoms with E-state index in [2.05, 4.69) is 15.3 Å². The Balaban J connectivity index is 1.15. The number of benzene rings is 1. The number of thioether (sulfide) groups is 1. The van der Waals surface area contributed by atoms with E-state index in [4.69, 9.17) is 9.47 Å². The van der Waals surface area contributed by atoms with Crippen LogP contribution in [0.5, 0.6) is 5.88 Å². The smallest absolute Gasteiger partial charge is 0.414 e. The minimum absolute atomic E-state index is 0.0507. The van der Waals surface area contributed by atoms with E-state index in [1.54, 1.807) is 30.3 Å². The molecule has 3 aromatic rings. The first-order valence-electron chi connectivity index (χ1n) is 11.5. The third-order valence-electron chi connectivity index (χ3n) is 6.20. The van der Waals surface area contributed by atoms with Gasteiger partial charge in [-0.2, -0.15) is 0 Å².